The van der Waals surface area contributed by atoms with E-state index in [0.29, 0.717) is 11.7 Å². The zero-order valence-corrected chi connectivity index (χ0v) is 10.8. The minimum atomic E-state index is -0.305. The van der Waals surface area contributed by atoms with Gasteiger partial charge in [-0.15, -0.1) is 0 Å². The van der Waals surface area contributed by atoms with Crippen LogP contribution < -0.4 is 5.32 Å². The van der Waals surface area contributed by atoms with Crippen molar-refractivity contribution in [3.63, 3.8) is 0 Å². The molecule has 0 aliphatic carbocycles. The Labute approximate surface area is 107 Å². The number of anilines is 1. The Balaban J connectivity index is 2.18. The van der Waals surface area contributed by atoms with E-state index in [0.717, 1.165) is 31.5 Å². The van der Waals surface area contributed by atoms with Crippen LogP contribution in [0.1, 0.15) is 18.9 Å². The zero-order chi connectivity index (χ0) is 13.1. The standard InChI is InChI=1S/C13H19N3O2/c1-3-10-4-5-12(13(8-10)16(17)18)14-11-6-7-15(2)9-11/h4-5,8,11,14H,3,6-7,9H2,1-2H3. The fourth-order valence-corrected chi connectivity index (χ4v) is 2.34. The molecule has 18 heavy (non-hydrogen) atoms. The first-order valence-electron chi connectivity index (χ1n) is 6.32. The highest BCUT2D eigenvalue weighted by Crippen LogP contribution is 2.27. The number of rotatable bonds is 4. The van der Waals surface area contributed by atoms with Crippen molar-refractivity contribution >= 4 is 11.4 Å². The molecule has 0 radical (unpaired) electrons. The van der Waals surface area contributed by atoms with Gasteiger partial charge in [-0.2, -0.15) is 0 Å². The molecule has 1 aliphatic rings. The number of aryl methyl sites for hydroxylation is 1. The van der Waals surface area contributed by atoms with Crippen LogP contribution in [-0.4, -0.2) is 36.0 Å². The van der Waals surface area contributed by atoms with Crippen LogP contribution in [0.2, 0.25) is 0 Å². The molecule has 5 heteroatoms. The first-order chi connectivity index (χ1) is 8.60. The van der Waals surface area contributed by atoms with Gasteiger partial charge >= 0.3 is 0 Å². The number of hydrogen-bond acceptors (Lipinski definition) is 4. The number of hydrogen-bond donors (Lipinski definition) is 1. The Morgan fingerprint density at radius 2 is 2.33 bits per heavy atom. The lowest BCUT2D eigenvalue weighted by atomic mass is 10.1. The van der Waals surface area contributed by atoms with Crippen molar-refractivity contribution in [3.8, 4) is 0 Å². The molecule has 98 valence electrons. The van der Waals surface area contributed by atoms with Gasteiger partial charge in [-0.05, 0) is 38.1 Å². The van der Waals surface area contributed by atoms with Crippen molar-refractivity contribution in [1.82, 2.24) is 4.90 Å². The van der Waals surface area contributed by atoms with E-state index in [9.17, 15) is 10.1 Å². The topological polar surface area (TPSA) is 58.4 Å². The van der Waals surface area contributed by atoms with E-state index in [1.165, 1.54) is 0 Å². The maximum absolute atomic E-state index is 11.1. The second kappa shape index (κ2) is 5.35. The molecule has 1 aliphatic heterocycles. The summed E-state index contributed by atoms with van der Waals surface area (Å²) in [6.45, 7) is 3.98. The number of nitrogens with zero attached hydrogens (tertiary/aromatic N) is 2. The fourth-order valence-electron chi connectivity index (χ4n) is 2.34. The first kappa shape index (κ1) is 12.8. The van der Waals surface area contributed by atoms with E-state index in [-0.39, 0.29) is 10.6 Å². The Morgan fingerprint density at radius 1 is 1.56 bits per heavy atom. The normalized spacial score (nSPS) is 20.0. The third-order valence-corrected chi connectivity index (χ3v) is 3.42. The van der Waals surface area contributed by atoms with Crippen LogP contribution in [0.3, 0.4) is 0 Å². The molecule has 2 rings (SSSR count). The molecule has 1 aromatic rings. The molecule has 1 aromatic carbocycles. The molecule has 1 saturated heterocycles. The number of benzene rings is 1. The summed E-state index contributed by atoms with van der Waals surface area (Å²) in [6.07, 6.45) is 1.84. The maximum atomic E-state index is 11.1. The van der Waals surface area contributed by atoms with E-state index in [1.54, 1.807) is 6.07 Å². The molecular formula is C13H19N3O2. The van der Waals surface area contributed by atoms with Crippen LogP contribution in [0, 0.1) is 10.1 Å². The Kier molecular flexibility index (Phi) is 3.81. The number of nitro benzene ring substituents is 1. The summed E-state index contributed by atoms with van der Waals surface area (Å²) in [6, 6.07) is 5.76. The lowest BCUT2D eigenvalue weighted by Gasteiger charge is -2.14. The lowest BCUT2D eigenvalue weighted by Crippen LogP contribution is -2.23. The first-order valence-corrected chi connectivity index (χ1v) is 6.32. The van der Waals surface area contributed by atoms with Crippen molar-refractivity contribution < 1.29 is 4.92 Å². The Bertz CT molecular complexity index is 448. The molecule has 0 bridgehead atoms. The second-order valence-corrected chi connectivity index (χ2v) is 4.85. The van der Waals surface area contributed by atoms with Crippen LogP contribution in [0.5, 0.6) is 0 Å². The summed E-state index contributed by atoms with van der Waals surface area (Å²) in [5, 5.41) is 14.4. The zero-order valence-electron chi connectivity index (χ0n) is 10.8. The van der Waals surface area contributed by atoms with E-state index in [1.807, 2.05) is 19.1 Å². The second-order valence-electron chi connectivity index (χ2n) is 4.85. The van der Waals surface area contributed by atoms with Gasteiger partial charge in [-0.3, -0.25) is 10.1 Å². The van der Waals surface area contributed by atoms with Gasteiger partial charge in [0, 0.05) is 18.7 Å². The summed E-state index contributed by atoms with van der Waals surface area (Å²) >= 11 is 0. The summed E-state index contributed by atoms with van der Waals surface area (Å²) in [4.78, 5) is 13.0. The SMILES string of the molecule is CCc1ccc(NC2CCN(C)C2)c([N+](=O)[O-])c1. The van der Waals surface area contributed by atoms with Gasteiger partial charge < -0.3 is 10.2 Å². The molecular weight excluding hydrogens is 230 g/mol. The van der Waals surface area contributed by atoms with Crippen molar-refractivity contribution in [2.75, 3.05) is 25.5 Å². The van der Waals surface area contributed by atoms with Gasteiger partial charge in [0.25, 0.3) is 5.69 Å². The smallest absolute Gasteiger partial charge is 0.292 e. The minimum absolute atomic E-state index is 0.184. The van der Waals surface area contributed by atoms with Gasteiger partial charge in [0.05, 0.1) is 4.92 Å². The molecule has 0 aromatic heterocycles. The summed E-state index contributed by atoms with van der Waals surface area (Å²) in [7, 11) is 2.07. The third kappa shape index (κ3) is 2.79. The molecule has 5 nitrogen and oxygen atoms in total. The van der Waals surface area contributed by atoms with Crippen molar-refractivity contribution in [2.24, 2.45) is 0 Å². The van der Waals surface area contributed by atoms with Crippen LogP contribution in [0.15, 0.2) is 18.2 Å². The molecule has 0 amide bonds. The van der Waals surface area contributed by atoms with Crippen molar-refractivity contribution in [2.45, 2.75) is 25.8 Å². The number of likely N-dealkylation sites (tertiary alicyclic amines) is 1. The Morgan fingerprint density at radius 3 is 2.89 bits per heavy atom. The van der Waals surface area contributed by atoms with Crippen LogP contribution in [0.25, 0.3) is 0 Å². The summed E-state index contributed by atoms with van der Waals surface area (Å²) < 4.78 is 0. The molecule has 1 atom stereocenters. The van der Waals surface area contributed by atoms with Gasteiger partial charge in [0.2, 0.25) is 0 Å². The molecule has 1 heterocycles. The third-order valence-electron chi connectivity index (χ3n) is 3.42. The molecule has 1 N–H and O–H groups in total. The average Bonchev–Trinajstić information content (AvgIpc) is 2.75. The van der Waals surface area contributed by atoms with E-state index >= 15 is 0 Å². The van der Waals surface area contributed by atoms with E-state index in [4.69, 9.17) is 0 Å². The molecule has 0 spiro atoms. The summed E-state index contributed by atoms with van der Waals surface area (Å²) in [5.41, 5.74) is 1.82. The fraction of sp³-hybridized carbons (Fsp3) is 0.538. The Hall–Kier alpha value is -1.62. The van der Waals surface area contributed by atoms with Gasteiger partial charge in [0.15, 0.2) is 0 Å². The van der Waals surface area contributed by atoms with Crippen LogP contribution >= 0.6 is 0 Å². The maximum Gasteiger partial charge on any atom is 0.292 e. The summed E-state index contributed by atoms with van der Waals surface area (Å²) in [5.74, 6) is 0. The predicted octanol–water partition coefficient (Wildman–Crippen LogP) is 2.27. The van der Waals surface area contributed by atoms with E-state index in [2.05, 4.69) is 17.3 Å². The van der Waals surface area contributed by atoms with Gasteiger partial charge in [-0.1, -0.05) is 13.0 Å². The molecule has 0 saturated carbocycles. The van der Waals surface area contributed by atoms with E-state index < -0.39 is 0 Å². The molecule has 1 unspecified atom stereocenters. The van der Waals surface area contributed by atoms with Crippen LogP contribution in [0.4, 0.5) is 11.4 Å². The van der Waals surface area contributed by atoms with Gasteiger partial charge in [-0.25, -0.2) is 0 Å². The lowest BCUT2D eigenvalue weighted by molar-refractivity contribution is -0.384. The number of nitrogens with one attached hydrogen (secondary N) is 1. The molecule has 1 fully saturated rings. The average molecular weight is 249 g/mol. The minimum Gasteiger partial charge on any atom is -0.375 e. The number of likely N-dealkylation sites (N-methyl/N-ethyl adjacent to an activating group) is 1. The highest BCUT2D eigenvalue weighted by Gasteiger charge is 2.22. The predicted molar refractivity (Wildman–Crippen MR) is 72.0 cm³/mol. The highest BCUT2D eigenvalue weighted by atomic mass is 16.6. The highest BCUT2D eigenvalue weighted by molar-refractivity contribution is 5.63. The van der Waals surface area contributed by atoms with Gasteiger partial charge in [0.1, 0.15) is 5.69 Å². The largest absolute Gasteiger partial charge is 0.375 e. The monoisotopic (exact) mass is 249 g/mol. The number of nitro groups is 1. The quantitative estimate of drug-likeness (QED) is 0.657. The van der Waals surface area contributed by atoms with Crippen molar-refractivity contribution in [3.05, 3.63) is 33.9 Å². The van der Waals surface area contributed by atoms with Crippen molar-refractivity contribution in [1.29, 1.82) is 0 Å². The van der Waals surface area contributed by atoms with Crippen LogP contribution in [-0.2, 0) is 6.42 Å².